The maximum Gasteiger partial charge on any atom is 0.227 e. The third-order valence-electron chi connectivity index (χ3n) is 12.2. The Morgan fingerprint density at radius 1 is 0.381 bits per heavy atom. The van der Waals surface area contributed by atoms with Crippen LogP contribution in [-0.2, 0) is 0 Å². The minimum atomic E-state index is 0.599. The van der Waals surface area contributed by atoms with Gasteiger partial charge in [0.2, 0.25) is 5.89 Å². The molecule has 4 heteroatoms. The van der Waals surface area contributed by atoms with Crippen LogP contribution in [0.15, 0.2) is 241 Å². The van der Waals surface area contributed by atoms with Crippen LogP contribution >= 0.6 is 0 Å². The molecule has 12 rings (SSSR count). The van der Waals surface area contributed by atoms with Crippen LogP contribution in [-0.4, -0.2) is 9.55 Å². The lowest BCUT2D eigenvalue weighted by Crippen LogP contribution is -2.12. The number of hydrogen-bond acceptors (Lipinski definition) is 3. The van der Waals surface area contributed by atoms with Gasteiger partial charge in [-0.1, -0.05) is 176 Å². The van der Waals surface area contributed by atoms with Gasteiger partial charge in [-0.2, -0.15) is 0 Å². The summed E-state index contributed by atoms with van der Waals surface area (Å²) in [5.41, 5.74) is 15.7. The van der Waals surface area contributed by atoms with E-state index >= 15 is 0 Å². The molecule has 12 aromatic rings. The number of anilines is 3. The number of aromatic nitrogens is 2. The van der Waals surface area contributed by atoms with Crippen LogP contribution in [0, 0.1) is 0 Å². The van der Waals surface area contributed by atoms with E-state index in [0.29, 0.717) is 5.89 Å². The van der Waals surface area contributed by atoms with E-state index in [0.717, 1.165) is 67.0 Å². The molecule has 0 spiro atoms. The van der Waals surface area contributed by atoms with Crippen LogP contribution in [0.1, 0.15) is 0 Å². The van der Waals surface area contributed by atoms with Crippen molar-refractivity contribution in [2.75, 3.05) is 4.90 Å². The van der Waals surface area contributed by atoms with Gasteiger partial charge in [0.1, 0.15) is 5.52 Å². The smallest absolute Gasteiger partial charge is 0.227 e. The second kappa shape index (κ2) is 15.2. The van der Waals surface area contributed by atoms with E-state index in [4.69, 9.17) is 9.40 Å². The van der Waals surface area contributed by atoms with Crippen molar-refractivity contribution in [1.29, 1.82) is 0 Å². The molecule has 0 N–H and O–H groups in total. The van der Waals surface area contributed by atoms with Crippen LogP contribution in [0.3, 0.4) is 0 Å². The minimum absolute atomic E-state index is 0.599. The van der Waals surface area contributed by atoms with E-state index in [9.17, 15) is 0 Å². The van der Waals surface area contributed by atoms with Gasteiger partial charge in [-0.15, -0.1) is 0 Å². The fourth-order valence-electron chi connectivity index (χ4n) is 9.44. The van der Waals surface area contributed by atoms with Crippen molar-refractivity contribution in [2.24, 2.45) is 0 Å². The molecular formula is C59H39N3O. The largest absolute Gasteiger partial charge is 0.435 e. The van der Waals surface area contributed by atoms with Crippen molar-refractivity contribution in [1.82, 2.24) is 9.55 Å². The summed E-state index contributed by atoms with van der Waals surface area (Å²) >= 11 is 0. The number of rotatable bonds is 8. The Morgan fingerprint density at radius 2 is 0.952 bits per heavy atom. The lowest BCUT2D eigenvalue weighted by molar-refractivity contribution is 0.621. The molecule has 296 valence electrons. The molecule has 0 atom stereocenters. The third-order valence-corrected chi connectivity index (χ3v) is 12.2. The normalized spacial score (nSPS) is 11.5. The molecule has 0 aliphatic carbocycles. The molecule has 0 radical (unpaired) electrons. The van der Waals surface area contributed by atoms with E-state index in [1.807, 2.05) is 36.4 Å². The monoisotopic (exact) mass is 805 g/mol. The number of benzene rings is 10. The van der Waals surface area contributed by atoms with Gasteiger partial charge in [0.25, 0.3) is 0 Å². The third kappa shape index (κ3) is 6.19. The molecule has 0 aliphatic rings. The van der Waals surface area contributed by atoms with Crippen LogP contribution < -0.4 is 4.90 Å². The lowest BCUT2D eigenvalue weighted by atomic mass is 9.94. The first-order valence-electron chi connectivity index (χ1n) is 21.4. The lowest BCUT2D eigenvalue weighted by Gasteiger charge is -2.30. The number of oxazole rings is 1. The Kier molecular flexibility index (Phi) is 8.79. The molecule has 63 heavy (non-hydrogen) atoms. The van der Waals surface area contributed by atoms with Crippen LogP contribution in [0.2, 0.25) is 0 Å². The van der Waals surface area contributed by atoms with Gasteiger partial charge in [-0.3, -0.25) is 0 Å². The van der Waals surface area contributed by atoms with E-state index < -0.39 is 0 Å². The van der Waals surface area contributed by atoms with Gasteiger partial charge in [0.15, 0.2) is 5.58 Å². The Morgan fingerprint density at radius 3 is 1.73 bits per heavy atom. The summed E-state index contributed by atoms with van der Waals surface area (Å²) < 4.78 is 9.13. The molecular weight excluding hydrogens is 767 g/mol. The fourth-order valence-corrected chi connectivity index (χ4v) is 9.44. The molecule has 10 aromatic carbocycles. The average Bonchev–Trinajstić information content (AvgIpc) is 3.95. The zero-order valence-electron chi connectivity index (χ0n) is 34.3. The Labute approximate surface area is 365 Å². The molecule has 0 aliphatic heterocycles. The molecule has 4 nitrogen and oxygen atoms in total. The standard InChI is InChI=1S/C59H39N3O/c1-4-20-40(21-5-1)45-28-10-11-29-46(45)42-24-18-27-44(38-42)62(53-36-16-14-31-48(53)50-34-19-35-52-58(50)63-59(60-52)41-22-6-2-7-23-41)55-39-56-57(49-32-13-12-30-47(49)55)51-33-15-17-37-54(51)61(56)43-25-8-3-9-26-43/h1-39H. The summed E-state index contributed by atoms with van der Waals surface area (Å²) in [5, 5.41) is 4.79. The molecule has 0 bridgehead atoms. The second-order valence-corrected chi connectivity index (χ2v) is 15.9. The first-order chi connectivity index (χ1) is 31.3. The molecule has 0 amide bonds. The molecule has 0 saturated carbocycles. The van der Waals surface area contributed by atoms with Gasteiger partial charge in [0, 0.05) is 44.2 Å². The van der Waals surface area contributed by atoms with E-state index in [1.54, 1.807) is 0 Å². The predicted octanol–water partition coefficient (Wildman–Crippen LogP) is 16.2. The van der Waals surface area contributed by atoms with E-state index in [2.05, 4.69) is 210 Å². The number of fused-ring (bicyclic) bond motifs is 6. The zero-order valence-corrected chi connectivity index (χ0v) is 34.3. The number of hydrogen-bond donors (Lipinski definition) is 0. The summed E-state index contributed by atoms with van der Waals surface area (Å²) in [4.78, 5) is 7.44. The Hall–Kier alpha value is -8.47. The predicted molar refractivity (Wildman–Crippen MR) is 262 cm³/mol. The Bertz CT molecular complexity index is 3630. The van der Waals surface area contributed by atoms with Gasteiger partial charge in [-0.25, -0.2) is 4.98 Å². The summed E-state index contributed by atoms with van der Waals surface area (Å²) in [7, 11) is 0. The topological polar surface area (TPSA) is 34.2 Å². The van der Waals surface area contributed by atoms with Crippen molar-refractivity contribution in [3.63, 3.8) is 0 Å². The molecule has 2 heterocycles. The minimum Gasteiger partial charge on any atom is -0.435 e. The van der Waals surface area contributed by atoms with Crippen LogP contribution in [0.4, 0.5) is 17.1 Å². The number of nitrogens with zero attached hydrogens (tertiary/aromatic N) is 3. The summed E-state index contributed by atoms with van der Waals surface area (Å²) in [6.45, 7) is 0. The van der Waals surface area contributed by atoms with Gasteiger partial charge < -0.3 is 13.9 Å². The summed E-state index contributed by atoms with van der Waals surface area (Å²) in [6, 6.07) is 84.2. The highest BCUT2D eigenvalue weighted by Crippen LogP contribution is 2.49. The fraction of sp³-hybridized carbons (Fsp3) is 0. The second-order valence-electron chi connectivity index (χ2n) is 15.9. The van der Waals surface area contributed by atoms with Crippen molar-refractivity contribution in [3.05, 3.63) is 237 Å². The highest BCUT2D eigenvalue weighted by Gasteiger charge is 2.25. The van der Waals surface area contributed by atoms with Crippen molar-refractivity contribution in [3.8, 4) is 50.5 Å². The molecule has 2 aromatic heterocycles. The first kappa shape index (κ1) is 36.4. The first-order valence-corrected chi connectivity index (χ1v) is 21.4. The summed E-state index contributed by atoms with van der Waals surface area (Å²) in [6.07, 6.45) is 0. The van der Waals surface area contributed by atoms with Crippen LogP contribution in [0.25, 0.3) is 94.2 Å². The van der Waals surface area contributed by atoms with Gasteiger partial charge >= 0.3 is 0 Å². The maximum absolute atomic E-state index is 6.71. The molecule has 0 fully saturated rings. The van der Waals surface area contributed by atoms with Gasteiger partial charge in [-0.05, 0) is 88.3 Å². The van der Waals surface area contributed by atoms with Crippen molar-refractivity contribution < 1.29 is 4.42 Å². The highest BCUT2D eigenvalue weighted by molar-refractivity contribution is 6.25. The average molecular weight is 806 g/mol. The van der Waals surface area contributed by atoms with E-state index in [1.165, 1.54) is 38.4 Å². The van der Waals surface area contributed by atoms with Crippen molar-refractivity contribution >= 4 is 60.7 Å². The SMILES string of the molecule is c1ccc(-c2nc3cccc(-c4ccccc4N(c4cccc(-c5ccccc5-c5ccccc5)c4)c4cc5c(c6ccccc46)c4ccccc4n5-c4ccccc4)c3o2)cc1. The molecule has 0 unspecified atom stereocenters. The summed E-state index contributed by atoms with van der Waals surface area (Å²) in [5.74, 6) is 0.599. The van der Waals surface area contributed by atoms with Gasteiger partial charge in [0.05, 0.1) is 22.4 Å². The zero-order chi connectivity index (χ0) is 41.7. The van der Waals surface area contributed by atoms with Crippen LogP contribution in [0.5, 0.6) is 0 Å². The number of para-hydroxylation sites is 4. The highest BCUT2D eigenvalue weighted by atomic mass is 16.3. The van der Waals surface area contributed by atoms with Crippen molar-refractivity contribution in [2.45, 2.75) is 0 Å². The van der Waals surface area contributed by atoms with E-state index in [-0.39, 0.29) is 0 Å². The Balaban J connectivity index is 1.16. The molecule has 0 saturated heterocycles. The quantitative estimate of drug-likeness (QED) is 0.153. The maximum atomic E-state index is 6.71.